The van der Waals surface area contributed by atoms with Crippen LogP contribution in [0.1, 0.15) is 17.5 Å². The maximum atomic E-state index is 13.4. The van der Waals surface area contributed by atoms with E-state index in [1.54, 1.807) is 24.3 Å². The summed E-state index contributed by atoms with van der Waals surface area (Å²) in [4.78, 5) is 11.7. The molecule has 21 heavy (non-hydrogen) atoms. The van der Waals surface area contributed by atoms with Crippen LogP contribution in [0.3, 0.4) is 0 Å². The first-order valence-corrected chi connectivity index (χ1v) is 6.32. The molecule has 0 spiro atoms. The fraction of sp³-hybridized carbons (Fsp3) is 0.125. The van der Waals surface area contributed by atoms with E-state index < -0.39 is 11.6 Å². The molecule has 0 saturated heterocycles. The third kappa shape index (κ3) is 4.11. The second-order valence-electron chi connectivity index (χ2n) is 4.48. The number of hydrogen-bond donors (Lipinski definition) is 1. The minimum atomic E-state index is -0.804. The van der Waals surface area contributed by atoms with Gasteiger partial charge in [-0.3, -0.25) is 4.79 Å². The lowest BCUT2D eigenvalue weighted by Crippen LogP contribution is -2.13. The zero-order chi connectivity index (χ0) is 15.2. The number of halogens is 2. The number of benzene rings is 2. The summed E-state index contributed by atoms with van der Waals surface area (Å²) < 4.78 is 26.1. The van der Waals surface area contributed by atoms with Gasteiger partial charge >= 0.3 is 0 Å². The number of nitrogens with one attached hydrogen (secondary N) is 1. The summed E-state index contributed by atoms with van der Waals surface area (Å²) in [5, 5.41) is 11.1. The van der Waals surface area contributed by atoms with Crippen molar-refractivity contribution in [3.8, 4) is 6.07 Å². The lowest BCUT2D eigenvalue weighted by atomic mass is 10.1. The SMILES string of the molecule is N#Cc1ccc(CCC(=O)Nc2ccc(F)cc2F)cc1. The molecular weight excluding hydrogens is 274 g/mol. The van der Waals surface area contributed by atoms with Crippen LogP contribution >= 0.6 is 0 Å². The summed E-state index contributed by atoms with van der Waals surface area (Å²) >= 11 is 0. The first-order chi connectivity index (χ1) is 10.1. The number of aryl methyl sites for hydroxylation is 1. The quantitative estimate of drug-likeness (QED) is 0.936. The van der Waals surface area contributed by atoms with E-state index in [1.165, 1.54) is 6.07 Å². The van der Waals surface area contributed by atoms with Crippen molar-refractivity contribution in [3.05, 3.63) is 65.2 Å². The lowest BCUT2D eigenvalue weighted by Gasteiger charge is -2.06. The van der Waals surface area contributed by atoms with Gasteiger partial charge in [-0.25, -0.2) is 8.78 Å². The largest absolute Gasteiger partial charge is 0.324 e. The Morgan fingerprint density at radius 1 is 1.14 bits per heavy atom. The molecule has 5 heteroatoms. The van der Waals surface area contributed by atoms with Gasteiger partial charge in [-0.1, -0.05) is 12.1 Å². The van der Waals surface area contributed by atoms with Gasteiger partial charge in [0, 0.05) is 12.5 Å². The van der Waals surface area contributed by atoms with Crippen molar-refractivity contribution in [2.75, 3.05) is 5.32 Å². The molecule has 0 aromatic heterocycles. The number of hydrogen-bond acceptors (Lipinski definition) is 2. The minimum Gasteiger partial charge on any atom is -0.324 e. The summed E-state index contributed by atoms with van der Waals surface area (Å²) in [5.74, 6) is -1.85. The number of nitriles is 1. The standard InChI is InChI=1S/C16H12F2N2O/c17-13-6-7-15(14(18)9-13)20-16(21)8-5-11-1-3-12(10-19)4-2-11/h1-4,6-7,9H,5,8H2,(H,20,21). The fourth-order valence-electron chi connectivity index (χ4n) is 1.81. The van der Waals surface area contributed by atoms with Crippen LogP contribution in [0.25, 0.3) is 0 Å². The Hall–Kier alpha value is -2.74. The Balaban J connectivity index is 1.91. The zero-order valence-electron chi connectivity index (χ0n) is 11.1. The minimum absolute atomic E-state index is 0.0405. The predicted octanol–water partition coefficient (Wildman–Crippen LogP) is 3.41. The van der Waals surface area contributed by atoms with Gasteiger partial charge in [-0.05, 0) is 36.2 Å². The van der Waals surface area contributed by atoms with E-state index in [4.69, 9.17) is 5.26 Å². The van der Waals surface area contributed by atoms with Crippen molar-refractivity contribution >= 4 is 11.6 Å². The zero-order valence-corrected chi connectivity index (χ0v) is 11.1. The van der Waals surface area contributed by atoms with E-state index >= 15 is 0 Å². The van der Waals surface area contributed by atoms with Crippen LogP contribution in [0.4, 0.5) is 14.5 Å². The van der Waals surface area contributed by atoms with E-state index in [2.05, 4.69) is 5.32 Å². The van der Waals surface area contributed by atoms with Crippen LogP contribution in [0.2, 0.25) is 0 Å². The number of carbonyl (C=O) groups excluding carboxylic acids is 1. The summed E-state index contributed by atoms with van der Waals surface area (Å²) in [7, 11) is 0. The van der Waals surface area contributed by atoms with Gasteiger partial charge in [0.05, 0.1) is 17.3 Å². The van der Waals surface area contributed by atoms with Crippen molar-refractivity contribution in [2.45, 2.75) is 12.8 Å². The molecule has 3 nitrogen and oxygen atoms in total. The van der Waals surface area contributed by atoms with E-state index in [0.29, 0.717) is 12.0 Å². The highest BCUT2D eigenvalue weighted by Gasteiger charge is 2.08. The second kappa shape index (κ2) is 6.62. The molecule has 1 amide bonds. The molecule has 2 rings (SSSR count). The van der Waals surface area contributed by atoms with Crippen molar-refractivity contribution in [1.29, 1.82) is 5.26 Å². The summed E-state index contributed by atoms with van der Waals surface area (Å²) in [6, 6.07) is 11.9. The van der Waals surface area contributed by atoms with Gasteiger partial charge in [0.2, 0.25) is 5.91 Å². The van der Waals surface area contributed by atoms with Crippen LogP contribution in [0.15, 0.2) is 42.5 Å². The Morgan fingerprint density at radius 3 is 2.48 bits per heavy atom. The molecule has 2 aromatic rings. The van der Waals surface area contributed by atoms with E-state index in [0.717, 1.165) is 17.7 Å². The number of anilines is 1. The van der Waals surface area contributed by atoms with Gasteiger partial charge in [-0.15, -0.1) is 0 Å². The number of carbonyl (C=O) groups is 1. The molecule has 0 aliphatic heterocycles. The van der Waals surface area contributed by atoms with Crippen LogP contribution in [-0.2, 0) is 11.2 Å². The van der Waals surface area contributed by atoms with Crippen LogP contribution in [0.5, 0.6) is 0 Å². The first kappa shape index (κ1) is 14.7. The molecule has 1 N–H and O–H groups in total. The molecule has 0 fully saturated rings. The van der Waals surface area contributed by atoms with Crippen molar-refractivity contribution in [2.24, 2.45) is 0 Å². The summed E-state index contributed by atoms with van der Waals surface area (Å²) in [6.45, 7) is 0. The van der Waals surface area contributed by atoms with Gasteiger partial charge in [0.25, 0.3) is 0 Å². The normalized spacial score (nSPS) is 9.95. The Morgan fingerprint density at radius 2 is 1.86 bits per heavy atom. The highest BCUT2D eigenvalue weighted by Crippen LogP contribution is 2.15. The van der Waals surface area contributed by atoms with Crippen LogP contribution < -0.4 is 5.32 Å². The molecule has 2 aromatic carbocycles. The lowest BCUT2D eigenvalue weighted by molar-refractivity contribution is -0.116. The van der Waals surface area contributed by atoms with Crippen molar-refractivity contribution in [1.82, 2.24) is 0 Å². The molecule has 0 heterocycles. The molecular formula is C16H12F2N2O. The third-order valence-corrected chi connectivity index (χ3v) is 2.93. The average molecular weight is 286 g/mol. The summed E-state index contributed by atoms with van der Waals surface area (Å²) in [6.07, 6.45) is 0.642. The van der Waals surface area contributed by atoms with Crippen LogP contribution in [-0.4, -0.2) is 5.91 Å². The van der Waals surface area contributed by atoms with E-state index in [1.807, 2.05) is 6.07 Å². The molecule has 0 bridgehead atoms. The van der Waals surface area contributed by atoms with Gasteiger partial charge in [0.1, 0.15) is 11.6 Å². The molecule has 0 unspecified atom stereocenters. The molecule has 0 saturated carbocycles. The highest BCUT2D eigenvalue weighted by molar-refractivity contribution is 5.90. The predicted molar refractivity (Wildman–Crippen MR) is 74.5 cm³/mol. The monoisotopic (exact) mass is 286 g/mol. The Labute approximate surface area is 120 Å². The molecule has 0 atom stereocenters. The van der Waals surface area contributed by atoms with E-state index in [9.17, 15) is 13.6 Å². The molecule has 0 radical (unpaired) electrons. The van der Waals surface area contributed by atoms with Crippen molar-refractivity contribution in [3.63, 3.8) is 0 Å². The first-order valence-electron chi connectivity index (χ1n) is 6.32. The number of amides is 1. The second-order valence-corrected chi connectivity index (χ2v) is 4.48. The third-order valence-electron chi connectivity index (χ3n) is 2.93. The van der Waals surface area contributed by atoms with Gasteiger partial charge in [-0.2, -0.15) is 5.26 Å². The van der Waals surface area contributed by atoms with Gasteiger partial charge < -0.3 is 5.32 Å². The topological polar surface area (TPSA) is 52.9 Å². The van der Waals surface area contributed by atoms with Gasteiger partial charge in [0.15, 0.2) is 0 Å². The fourth-order valence-corrected chi connectivity index (χ4v) is 1.81. The molecule has 0 aliphatic rings. The smallest absolute Gasteiger partial charge is 0.224 e. The van der Waals surface area contributed by atoms with E-state index in [-0.39, 0.29) is 18.0 Å². The average Bonchev–Trinajstić information content (AvgIpc) is 2.48. The molecule has 106 valence electrons. The Kier molecular flexibility index (Phi) is 4.62. The molecule has 0 aliphatic carbocycles. The highest BCUT2D eigenvalue weighted by atomic mass is 19.1. The maximum absolute atomic E-state index is 13.4. The maximum Gasteiger partial charge on any atom is 0.224 e. The summed E-state index contributed by atoms with van der Waals surface area (Å²) in [5.41, 5.74) is 1.42. The Bertz CT molecular complexity index is 690. The number of nitrogens with zero attached hydrogens (tertiary/aromatic N) is 1. The number of rotatable bonds is 4. The van der Waals surface area contributed by atoms with Crippen molar-refractivity contribution < 1.29 is 13.6 Å². The van der Waals surface area contributed by atoms with Crippen LogP contribution in [0, 0.1) is 23.0 Å².